The zero-order valence-corrected chi connectivity index (χ0v) is 8.40. The molecule has 1 aromatic carbocycles. The van der Waals surface area contributed by atoms with Gasteiger partial charge in [0, 0.05) is 6.07 Å². The third-order valence-electron chi connectivity index (χ3n) is 1.91. The van der Waals surface area contributed by atoms with Gasteiger partial charge in [-0.1, -0.05) is 0 Å². The molecule has 0 heterocycles. The van der Waals surface area contributed by atoms with Crippen LogP contribution < -0.4 is 10.5 Å². The fraction of sp³-hybridized carbons (Fsp3) is 0.200. The Morgan fingerprint density at radius 1 is 1.47 bits per heavy atom. The highest BCUT2D eigenvalue weighted by Gasteiger charge is 2.15. The lowest BCUT2D eigenvalue weighted by atomic mass is 10.1. The van der Waals surface area contributed by atoms with Gasteiger partial charge in [0.1, 0.15) is 11.8 Å². The Bertz CT molecular complexity index is 435. The molecule has 0 amide bonds. The summed E-state index contributed by atoms with van der Waals surface area (Å²) in [6, 6.07) is 4.77. The van der Waals surface area contributed by atoms with E-state index in [0.29, 0.717) is 5.75 Å². The van der Waals surface area contributed by atoms with Gasteiger partial charge in [0.25, 0.3) is 0 Å². The summed E-state index contributed by atoms with van der Waals surface area (Å²) in [7, 11) is 2.68. The van der Waals surface area contributed by atoms with Crippen molar-refractivity contribution in [1.82, 2.24) is 0 Å². The number of anilines is 1. The van der Waals surface area contributed by atoms with Gasteiger partial charge in [0.2, 0.25) is 0 Å². The number of carbonyl (C=O) groups excluding carboxylic acids is 1. The molecule has 0 saturated carbocycles. The molecule has 0 spiro atoms. The van der Waals surface area contributed by atoms with E-state index in [-0.39, 0.29) is 16.8 Å². The van der Waals surface area contributed by atoms with Crippen LogP contribution in [0.4, 0.5) is 5.69 Å². The quantitative estimate of drug-likeness (QED) is 0.574. The average Bonchev–Trinajstić information content (AvgIpc) is 2.28. The number of rotatable bonds is 2. The van der Waals surface area contributed by atoms with Gasteiger partial charge >= 0.3 is 5.97 Å². The number of esters is 1. The lowest BCUT2D eigenvalue weighted by molar-refractivity contribution is 0.0601. The van der Waals surface area contributed by atoms with E-state index >= 15 is 0 Å². The maximum Gasteiger partial charge on any atom is 0.340 e. The van der Waals surface area contributed by atoms with Gasteiger partial charge in [0.15, 0.2) is 0 Å². The van der Waals surface area contributed by atoms with Gasteiger partial charge in [-0.3, -0.25) is 0 Å². The molecule has 0 aromatic heterocycles. The summed E-state index contributed by atoms with van der Waals surface area (Å²) in [5.74, 6) is -0.205. The van der Waals surface area contributed by atoms with E-state index in [1.165, 1.54) is 26.4 Å². The first kappa shape index (κ1) is 10.9. The smallest absolute Gasteiger partial charge is 0.340 e. The van der Waals surface area contributed by atoms with E-state index in [9.17, 15) is 4.79 Å². The number of ether oxygens (including phenoxy) is 2. The van der Waals surface area contributed by atoms with Crippen molar-refractivity contribution in [3.05, 3.63) is 23.3 Å². The van der Waals surface area contributed by atoms with Gasteiger partial charge in [-0.2, -0.15) is 5.26 Å². The zero-order chi connectivity index (χ0) is 11.4. The third kappa shape index (κ3) is 1.99. The molecular formula is C10H10N2O3. The highest BCUT2D eigenvalue weighted by molar-refractivity contribution is 5.96. The van der Waals surface area contributed by atoms with Crippen LogP contribution in [0.2, 0.25) is 0 Å². The molecule has 5 nitrogen and oxygen atoms in total. The molecule has 1 rings (SSSR count). The van der Waals surface area contributed by atoms with E-state index in [4.69, 9.17) is 15.7 Å². The van der Waals surface area contributed by atoms with Crippen LogP contribution in [0.3, 0.4) is 0 Å². The standard InChI is InChI=1S/C10H10N2O3/c1-14-7-3-6(5-11)9(12)8(4-7)10(13)15-2/h3-4H,12H2,1-2H3. The van der Waals surface area contributed by atoms with Crippen molar-refractivity contribution in [2.24, 2.45) is 0 Å². The molecule has 2 N–H and O–H groups in total. The Kier molecular flexibility index (Phi) is 3.13. The third-order valence-corrected chi connectivity index (χ3v) is 1.91. The molecular weight excluding hydrogens is 196 g/mol. The molecule has 0 unspecified atom stereocenters. The lowest BCUT2D eigenvalue weighted by Crippen LogP contribution is -2.07. The van der Waals surface area contributed by atoms with E-state index in [1.807, 2.05) is 6.07 Å². The number of hydrogen-bond donors (Lipinski definition) is 1. The maximum atomic E-state index is 11.3. The first-order chi connectivity index (χ1) is 7.13. The second kappa shape index (κ2) is 4.33. The van der Waals surface area contributed by atoms with Crippen LogP contribution in [0.15, 0.2) is 12.1 Å². The Hall–Kier alpha value is -2.22. The summed E-state index contributed by atoms with van der Waals surface area (Å²) in [5.41, 5.74) is 6.04. The molecule has 5 heteroatoms. The molecule has 0 fully saturated rings. The number of nitriles is 1. The number of hydrogen-bond acceptors (Lipinski definition) is 5. The topological polar surface area (TPSA) is 85.3 Å². The molecule has 0 aliphatic rings. The minimum absolute atomic E-state index is 0.102. The molecule has 0 radical (unpaired) electrons. The van der Waals surface area contributed by atoms with E-state index in [2.05, 4.69) is 4.74 Å². The second-order valence-electron chi connectivity index (χ2n) is 2.74. The predicted octanol–water partition coefficient (Wildman–Crippen LogP) is 0.936. The van der Waals surface area contributed by atoms with Crippen LogP contribution in [-0.2, 0) is 4.74 Å². The summed E-state index contributed by atoms with van der Waals surface area (Å²) in [6.45, 7) is 0. The number of nitrogens with zero attached hydrogens (tertiary/aromatic N) is 1. The Labute approximate surface area is 87.0 Å². The second-order valence-corrected chi connectivity index (χ2v) is 2.74. The highest BCUT2D eigenvalue weighted by Crippen LogP contribution is 2.24. The van der Waals surface area contributed by atoms with Gasteiger partial charge in [-0.25, -0.2) is 4.79 Å². The number of nitrogens with two attached hydrogens (primary N) is 1. The zero-order valence-electron chi connectivity index (χ0n) is 8.40. The summed E-state index contributed by atoms with van der Waals surface area (Å²) >= 11 is 0. The van der Waals surface area contributed by atoms with Gasteiger partial charge in [-0.15, -0.1) is 0 Å². The molecule has 15 heavy (non-hydrogen) atoms. The minimum atomic E-state index is -0.595. The monoisotopic (exact) mass is 206 g/mol. The Balaban J connectivity index is 3.38. The van der Waals surface area contributed by atoms with Crippen LogP contribution >= 0.6 is 0 Å². The summed E-state index contributed by atoms with van der Waals surface area (Å²) in [4.78, 5) is 11.3. The van der Waals surface area contributed by atoms with Crippen molar-refractivity contribution in [2.75, 3.05) is 20.0 Å². The molecule has 78 valence electrons. The van der Waals surface area contributed by atoms with Crippen molar-refractivity contribution >= 4 is 11.7 Å². The van der Waals surface area contributed by atoms with Crippen molar-refractivity contribution in [1.29, 1.82) is 5.26 Å². The summed E-state index contributed by atoms with van der Waals surface area (Å²) in [6.07, 6.45) is 0. The van der Waals surface area contributed by atoms with Gasteiger partial charge < -0.3 is 15.2 Å². The summed E-state index contributed by atoms with van der Waals surface area (Å²) in [5, 5.41) is 8.78. The number of carbonyl (C=O) groups is 1. The maximum absolute atomic E-state index is 11.3. The Morgan fingerprint density at radius 3 is 2.60 bits per heavy atom. The van der Waals surface area contributed by atoms with Crippen molar-refractivity contribution in [3.63, 3.8) is 0 Å². The summed E-state index contributed by atoms with van der Waals surface area (Å²) < 4.78 is 9.46. The predicted molar refractivity (Wildman–Crippen MR) is 53.5 cm³/mol. The molecule has 0 aliphatic carbocycles. The van der Waals surface area contributed by atoms with Crippen molar-refractivity contribution in [2.45, 2.75) is 0 Å². The molecule has 1 aromatic rings. The number of nitrogen functional groups attached to an aromatic ring is 1. The molecule has 0 aliphatic heterocycles. The van der Waals surface area contributed by atoms with Gasteiger partial charge in [-0.05, 0) is 6.07 Å². The highest BCUT2D eigenvalue weighted by atomic mass is 16.5. The van der Waals surface area contributed by atoms with Crippen LogP contribution in [0, 0.1) is 11.3 Å². The average molecular weight is 206 g/mol. The van der Waals surface area contributed by atoms with Crippen LogP contribution in [0.25, 0.3) is 0 Å². The van der Waals surface area contributed by atoms with E-state index in [1.54, 1.807) is 0 Å². The number of methoxy groups -OCH3 is 2. The Morgan fingerprint density at radius 2 is 2.13 bits per heavy atom. The molecule has 0 saturated heterocycles. The largest absolute Gasteiger partial charge is 0.497 e. The number of benzene rings is 1. The lowest BCUT2D eigenvalue weighted by Gasteiger charge is -2.07. The SMILES string of the molecule is COC(=O)c1cc(OC)cc(C#N)c1N. The van der Waals surface area contributed by atoms with Crippen molar-refractivity contribution < 1.29 is 14.3 Å². The molecule has 0 bridgehead atoms. The molecule has 0 atom stereocenters. The first-order valence-corrected chi connectivity index (χ1v) is 4.10. The fourth-order valence-electron chi connectivity index (χ4n) is 1.12. The van der Waals surface area contributed by atoms with Crippen LogP contribution in [0.1, 0.15) is 15.9 Å². The first-order valence-electron chi connectivity index (χ1n) is 4.10. The van der Waals surface area contributed by atoms with Crippen molar-refractivity contribution in [3.8, 4) is 11.8 Å². The fourth-order valence-corrected chi connectivity index (χ4v) is 1.12. The van der Waals surface area contributed by atoms with E-state index in [0.717, 1.165) is 0 Å². The van der Waals surface area contributed by atoms with Crippen LogP contribution in [-0.4, -0.2) is 20.2 Å². The minimum Gasteiger partial charge on any atom is -0.497 e. The normalized spacial score (nSPS) is 9.13. The van der Waals surface area contributed by atoms with Crippen LogP contribution in [0.5, 0.6) is 5.75 Å². The van der Waals surface area contributed by atoms with E-state index < -0.39 is 5.97 Å². The van der Waals surface area contributed by atoms with Gasteiger partial charge in [0.05, 0.1) is 31.0 Å².